The zero-order chi connectivity index (χ0) is 27.2. The van der Waals surface area contributed by atoms with E-state index in [1.807, 2.05) is 0 Å². The third-order valence-corrected chi connectivity index (χ3v) is 6.67. The number of hydrogen-bond acceptors (Lipinski definition) is 10. The minimum Gasteiger partial charge on any atom is -0.457 e. The fraction of sp³-hybridized carbons (Fsp3) is 0.800. The minimum absolute atomic E-state index is 0.151. The van der Waals surface area contributed by atoms with Gasteiger partial charge in [-0.25, -0.2) is 4.79 Å². The van der Waals surface area contributed by atoms with Crippen LogP contribution in [0.25, 0.3) is 0 Å². The maximum atomic E-state index is 12.3. The molecule has 2 rings (SSSR count). The van der Waals surface area contributed by atoms with Crippen molar-refractivity contribution in [3.63, 3.8) is 0 Å². The van der Waals surface area contributed by atoms with Crippen LogP contribution in [-0.2, 0) is 14.3 Å². The summed E-state index contributed by atoms with van der Waals surface area (Å²) in [6.45, 7) is 1.63. The molecule has 1 aromatic rings. The van der Waals surface area contributed by atoms with Crippen molar-refractivity contribution in [3.05, 3.63) is 26.8 Å². The third kappa shape index (κ3) is 9.67. The molecule has 0 radical (unpaired) electrons. The normalized spacial score (nSPS) is 21.3. The second kappa shape index (κ2) is 16.3. The zero-order valence-corrected chi connectivity index (χ0v) is 21.8. The van der Waals surface area contributed by atoms with Gasteiger partial charge in [-0.05, 0) is 6.42 Å². The van der Waals surface area contributed by atoms with Crippen molar-refractivity contribution in [1.29, 1.82) is 0 Å². The highest BCUT2D eigenvalue weighted by Crippen LogP contribution is 2.32. The van der Waals surface area contributed by atoms with E-state index in [1.54, 1.807) is 0 Å². The van der Waals surface area contributed by atoms with Crippen LogP contribution in [0.5, 0.6) is 0 Å². The molecule has 1 saturated heterocycles. The molecule has 0 spiro atoms. The number of nitro groups is 1. The summed E-state index contributed by atoms with van der Waals surface area (Å²) in [5.41, 5.74) is 3.79. The molecule has 210 valence electrons. The van der Waals surface area contributed by atoms with Crippen molar-refractivity contribution >= 4 is 17.5 Å². The van der Waals surface area contributed by atoms with Crippen molar-refractivity contribution in [2.45, 2.75) is 121 Å². The van der Waals surface area contributed by atoms with Gasteiger partial charge >= 0.3 is 17.3 Å². The first kappa shape index (κ1) is 30.7. The first-order valence-corrected chi connectivity index (χ1v) is 13.5. The Morgan fingerprint density at radius 1 is 1.11 bits per heavy atom. The number of aliphatic hydroxyl groups excluding tert-OH is 2. The number of ether oxygens (including phenoxy) is 2. The highest BCUT2D eigenvalue weighted by molar-refractivity contribution is 5.69. The predicted octanol–water partition coefficient (Wildman–Crippen LogP) is 3.38. The summed E-state index contributed by atoms with van der Waals surface area (Å²) < 4.78 is 11.6. The number of hydrogen-bond donors (Lipinski definition) is 3. The Balaban J connectivity index is 1.71. The molecule has 1 aromatic heterocycles. The Morgan fingerprint density at radius 3 is 2.16 bits per heavy atom. The van der Waals surface area contributed by atoms with Crippen LogP contribution in [0, 0.1) is 10.1 Å². The smallest absolute Gasteiger partial charge is 0.352 e. The quantitative estimate of drug-likeness (QED) is 0.111. The van der Waals surface area contributed by atoms with Gasteiger partial charge < -0.3 is 25.4 Å². The Hall–Kier alpha value is -2.57. The van der Waals surface area contributed by atoms with Gasteiger partial charge in [-0.3, -0.25) is 19.5 Å². The lowest BCUT2D eigenvalue weighted by molar-refractivity contribution is -0.384. The van der Waals surface area contributed by atoms with Crippen molar-refractivity contribution in [2.24, 2.45) is 0 Å². The van der Waals surface area contributed by atoms with Crippen LogP contribution in [0.1, 0.15) is 103 Å². The molecule has 0 saturated carbocycles. The number of aromatic nitrogens is 2. The highest BCUT2D eigenvalue weighted by atomic mass is 16.6. The molecule has 4 atom stereocenters. The Kier molecular flexibility index (Phi) is 13.5. The summed E-state index contributed by atoms with van der Waals surface area (Å²) in [5.74, 6) is -1.12. The van der Waals surface area contributed by atoms with Crippen LogP contribution in [0.15, 0.2) is 11.0 Å². The van der Waals surface area contributed by atoms with Gasteiger partial charge in [-0.2, -0.15) is 4.98 Å². The topological polar surface area (TPSA) is 180 Å². The van der Waals surface area contributed by atoms with Crippen LogP contribution >= 0.6 is 0 Å². The molecule has 0 bridgehead atoms. The molecule has 0 aliphatic carbocycles. The van der Waals surface area contributed by atoms with Crippen LogP contribution in [0.3, 0.4) is 0 Å². The maximum absolute atomic E-state index is 12.3. The monoisotopic (exact) mass is 526 g/mol. The Labute approximate surface area is 217 Å². The number of nitrogen functional groups attached to an aromatic ring is 1. The average molecular weight is 527 g/mol. The second-order valence-corrected chi connectivity index (χ2v) is 9.64. The van der Waals surface area contributed by atoms with E-state index in [9.17, 15) is 29.9 Å². The fourth-order valence-corrected chi connectivity index (χ4v) is 4.53. The molecule has 1 aliphatic rings. The molecule has 1 aliphatic heterocycles. The van der Waals surface area contributed by atoms with E-state index in [0.717, 1.165) is 25.5 Å². The number of carbonyl (C=O) groups is 1. The van der Waals surface area contributed by atoms with Crippen molar-refractivity contribution in [3.8, 4) is 0 Å². The van der Waals surface area contributed by atoms with Crippen LogP contribution in [0.4, 0.5) is 11.5 Å². The van der Waals surface area contributed by atoms with Gasteiger partial charge in [0.25, 0.3) is 0 Å². The van der Waals surface area contributed by atoms with Crippen molar-refractivity contribution in [2.75, 3.05) is 12.3 Å². The number of unbranched alkanes of at least 4 members (excludes halogenated alkanes) is 12. The molecule has 0 unspecified atom stereocenters. The molecule has 0 aromatic carbocycles. The van der Waals surface area contributed by atoms with Gasteiger partial charge in [-0.1, -0.05) is 84.0 Å². The molecule has 0 amide bonds. The summed E-state index contributed by atoms with van der Waals surface area (Å²) in [7, 11) is 0. The summed E-state index contributed by atoms with van der Waals surface area (Å²) in [5, 5.41) is 31.4. The molecule has 1 fully saturated rings. The van der Waals surface area contributed by atoms with Gasteiger partial charge in [0, 0.05) is 6.42 Å². The van der Waals surface area contributed by atoms with E-state index < -0.39 is 59.2 Å². The van der Waals surface area contributed by atoms with E-state index in [2.05, 4.69) is 11.9 Å². The number of rotatable bonds is 18. The molecular formula is C25H42N4O8. The summed E-state index contributed by atoms with van der Waals surface area (Å²) >= 11 is 0. The molecule has 37 heavy (non-hydrogen) atoms. The Bertz CT molecular complexity index is 909. The maximum Gasteiger partial charge on any atom is 0.352 e. The lowest BCUT2D eigenvalue weighted by atomic mass is 10.0. The first-order valence-electron chi connectivity index (χ1n) is 13.5. The largest absolute Gasteiger partial charge is 0.457 e. The highest BCUT2D eigenvalue weighted by Gasteiger charge is 2.47. The van der Waals surface area contributed by atoms with Crippen LogP contribution in [0.2, 0.25) is 0 Å². The molecule has 12 nitrogen and oxygen atoms in total. The van der Waals surface area contributed by atoms with Gasteiger partial charge in [0.15, 0.2) is 12.3 Å². The number of nitrogens with zero attached hydrogens (tertiary/aromatic N) is 3. The molecule has 12 heteroatoms. The lowest BCUT2D eigenvalue weighted by Gasteiger charge is -2.20. The van der Waals surface area contributed by atoms with E-state index in [-0.39, 0.29) is 6.42 Å². The number of aliphatic hydroxyl groups is 2. The summed E-state index contributed by atoms with van der Waals surface area (Å²) in [6, 6.07) is 0. The van der Waals surface area contributed by atoms with E-state index in [1.165, 1.54) is 57.8 Å². The minimum atomic E-state index is -1.55. The average Bonchev–Trinajstić information content (AvgIpc) is 3.16. The molecular weight excluding hydrogens is 484 g/mol. The van der Waals surface area contributed by atoms with Crippen LogP contribution in [-0.4, -0.2) is 55.6 Å². The molecule has 2 heterocycles. The van der Waals surface area contributed by atoms with E-state index in [4.69, 9.17) is 15.2 Å². The van der Waals surface area contributed by atoms with E-state index in [0.29, 0.717) is 11.0 Å². The fourth-order valence-electron chi connectivity index (χ4n) is 4.53. The molecule has 4 N–H and O–H groups in total. The third-order valence-electron chi connectivity index (χ3n) is 6.67. The first-order chi connectivity index (χ1) is 17.8. The predicted molar refractivity (Wildman–Crippen MR) is 137 cm³/mol. The zero-order valence-electron chi connectivity index (χ0n) is 21.8. The van der Waals surface area contributed by atoms with Crippen molar-refractivity contribution in [1.82, 2.24) is 9.55 Å². The summed E-state index contributed by atoms with van der Waals surface area (Å²) in [4.78, 5) is 38.3. The SMILES string of the molecule is CCCCCCCCCCCCCCCC(=O)O[C@H]1[C@H](O)[C@H](n2cc([N+](=O)[O-])c(N)nc2=O)O[C@@H]1CO. The van der Waals surface area contributed by atoms with E-state index >= 15 is 0 Å². The number of nitrogens with two attached hydrogens (primary N) is 1. The van der Waals surface area contributed by atoms with Crippen LogP contribution < -0.4 is 11.4 Å². The van der Waals surface area contributed by atoms with Gasteiger partial charge in [-0.15, -0.1) is 0 Å². The van der Waals surface area contributed by atoms with Gasteiger partial charge in [0.2, 0.25) is 5.82 Å². The second-order valence-electron chi connectivity index (χ2n) is 9.64. The standard InChI is InChI=1S/C25H42N4O8/c1-2-3-4-5-6-7-8-9-10-11-12-13-14-15-20(31)37-22-19(17-30)36-24(21(22)32)28-16-18(29(34)35)23(26)27-25(28)33/h16,19,21-22,24,30,32H,2-15,17H2,1H3,(H2,26,27,33)/t19-,21+,22-,24-/m1/s1. The number of anilines is 1. The number of esters is 1. The summed E-state index contributed by atoms with van der Waals surface area (Å²) in [6.07, 6.45) is 11.0. The van der Waals surface area contributed by atoms with Crippen molar-refractivity contribution < 1.29 is 29.4 Å². The van der Waals surface area contributed by atoms with Gasteiger partial charge in [0.1, 0.15) is 12.2 Å². The number of carbonyl (C=O) groups excluding carboxylic acids is 1. The lowest BCUT2D eigenvalue weighted by Crippen LogP contribution is -2.39. The van der Waals surface area contributed by atoms with Gasteiger partial charge in [0.05, 0.1) is 17.7 Å². The Morgan fingerprint density at radius 2 is 1.65 bits per heavy atom.